The molecular formula is C12H22N2O2. The summed E-state index contributed by atoms with van der Waals surface area (Å²) in [5.74, 6) is 1.91. The van der Waals surface area contributed by atoms with Crippen molar-refractivity contribution in [3.05, 3.63) is 0 Å². The Balaban J connectivity index is 1.87. The fourth-order valence-corrected chi connectivity index (χ4v) is 2.79. The Kier molecular flexibility index (Phi) is 2.86. The van der Waals surface area contributed by atoms with Crippen molar-refractivity contribution < 1.29 is 9.53 Å². The van der Waals surface area contributed by atoms with Crippen LogP contribution in [0.3, 0.4) is 0 Å². The number of rotatable bonds is 1. The number of nitrogens with zero attached hydrogens (tertiary/aromatic N) is 1. The van der Waals surface area contributed by atoms with Crippen molar-refractivity contribution in [2.45, 2.75) is 32.8 Å². The number of carbonyl (C=O) groups excluding carboxylic acids is 1. The van der Waals surface area contributed by atoms with Crippen molar-refractivity contribution >= 4 is 6.09 Å². The molecule has 0 aromatic heterocycles. The molecule has 3 atom stereocenters. The minimum Gasteiger partial charge on any atom is -0.444 e. The predicted molar refractivity (Wildman–Crippen MR) is 61.9 cm³/mol. The van der Waals surface area contributed by atoms with Crippen LogP contribution < -0.4 is 5.73 Å². The highest BCUT2D eigenvalue weighted by Crippen LogP contribution is 2.45. The number of likely N-dealkylation sites (tertiary alicyclic amines) is 1. The van der Waals surface area contributed by atoms with Crippen LogP contribution in [0.1, 0.15) is 27.2 Å². The molecule has 92 valence electrons. The van der Waals surface area contributed by atoms with Gasteiger partial charge in [0.1, 0.15) is 5.60 Å². The van der Waals surface area contributed by atoms with E-state index in [1.165, 1.54) is 6.42 Å². The Hall–Kier alpha value is -0.770. The predicted octanol–water partition coefficient (Wildman–Crippen LogP) is 1.45. The number of carbonyl (C=O) groups is 1. The number of nitrogens with two attached hydrogens (primary N) is 1. The van der Waals surface area contributed by atoms with E-state index in [9.17, 15) is 4.79 Å². The van der Waals surface area contributed by atoms with E-state index in [0.29, 0.717) is 17.8 Å². The lowest BCUT2D eigenvalue weighted by Gasteiger charge is -2.38. The zero-order valence-electron chi connectivity index (χ0n) is 10.4. The first-order valence-electron chi connectivity index (χ1n) is 6.08. The first-order valence-corrected chi connectivity index (χ1v) is 6.08. The topological polar surface area (TPSA) is 55.6 Å². The third kappa shape index (κ3) is 2.17. The molecule has 0 radical (unpaired) electrons. The highest BCUT2D eigenvalue weighted by molar-refractivity contribution is 5.68. The molecule has 0 unspecified atom stereocenters. The standard InChI is InChI=1S/C12H22N2O2/c1-12(2,3)16-11(15)14-6-9-4-8(5-13)10(9)7-14/h8-10H,4-7,13H2,1-3H3/t8-,9+,10+/m1/s1. The van der Waals surface area contributed by atoms with Gasteiger partial charge >= 0.3 is 6.09 Å². The number of hydrogen-bond acceptors (Lipinski definition) is 3. The smallest absolute Gasteiger partial charge is 0.410 e. The molecule has 1 amide bonds. The molecular weight excluding hydrogens is 204 g/mol. The summed E-state index contributed by atoms with van der Waals surface area (Å²) in [6.45, 7) is 8.15. The lowest BCUT2D eigenvalue weighted by atomic mass is 9.67. The van der Waals surface area contributed by atoms with Gasteiger partial charge in [0.25, 0.3) is 0 Å². The Bertz CT molecular complexity index is 285. The largest absolute Gasteiger partial charge is 0.444 e. The summed E-state index contributed by atoms with van der Waals surface area (Å²) in [5, 5.41) is 0. The molecule has 1 aliphatic heterocycles. The van der Waals surface area contributed by atoms with Gasteiger partial charge in [0, 0.05) is 13.1 Å². The average Bonchev–Trinajstić information content (AvgIpc) is 2.43. The summed E-state index contributed by atoms with van der Waals surface area (Å²) in [6.07, 6.45) is 1.01. The zero-order valence-corrected chi connectivity index (χ0v) is 10.4. The maximum Gasteiger partial charge on any atom is 0.410 e. The molecule has 2 aliphatic rings. The van der Waals surface area contributed by atoms with Crippen molar-refractivity contribution in [3.8, 4) is 0 Å². The van der Waals surface area contributed by atoms with Crippen LogP contribution >= 0.6 is 0 Å². The highest BCUT2D eigenvalue weighted by atomic mass is 16.6. The van der Waals surface area contributed by atoms with Gasteiger partial charge in [0.2, 0.25) is 0 Å². The Labute approximate surface area is 97.1 Å². The molecule has 2 fully saturated rings. The van der Waals surface area contributed by atoms with Gasteiger partial charge in [-0.2, -0.15) is 0 Å². The van der Waals surface area contributed by atoms with Crippen LogP contribution in [0, 0.1) is 17.8 Å². The van der Waals surface area contributed by atoms with Gasteiger partial charge in [0.05, 0.1) is 0 Å². The third-order valence-corrected chi connectivity index (χ3v) is 3.66. The van der Waals surface area contributed by atoms with E-state index in [1.807, 2.05) is 25.7 Å². The van der Waals surface area contributed by atoms with Gasteiger partial charge in [-0.15, -0.1) is 0 Å². The molecule has 1 aliphatic carbocycles. The van der Waals surface area contributed by atoms with Crippen molar-refractivity contribution in [2.24, 2.45) is 23.5 Å². The maximum absolute atomic E-state index is 11.8. The monoisotopic (exact) mass is 226 g/mol. The Morgan fingerprint density at radius 1 is 1.44 bits per heavy atom. The molecule has 0 aromatic carbocycles. The van der Waals surface area contributed by atoms with Gasteiger partial charge in [-0.3, -0.25) is 0 Å². The Morgan fingerprint density at radius 3 is 2.69 bits per heavy atom. The van der Waals surface area contributed by atoms with E-state index in [2.05, 4.69) is 0 Å². The van der Waals surface area contributed by atoms with Crippen LogP contribution in [0.25, 0.3) is 0 Å². The number of amides is 1. The summed E-state index contributed by atoms with van der Waals surface area (Å²) in [5.41, 5.74) is 5.28. The van der Waals surface area contributed by atoms with E-state index >= 15 is 0 Å². The van der Waals surface area contributed by atoms with Crippen LogP contribution in [0.2, 0.25) is 0 Å². The van der Waals surface area contributed by atoms with Crippen molar-refractivity contribution in [2.75, 3.05) is 19.6 Å². The van der Waals surface area contributed by atoms with Gasteiger partial charge in [-0.1, -0.05) is 0 Å². The molecule has 4 nitrogen and oxygen atoms in total. The van der Waals surface area contributed by atoms with E-state index < -0.39 is 5.60 Å². The quantitative estimate of drug-likeness (QED) is 0.736. The molecule has 1 saturated heterocycles. The summed E-state index contributed by atoms with van der Waals surface area (Å²) >= 11 is 0. The van der Waals surface area contributed by atoms with Gasteiger partial charge in [-0.25, -0.2) is 4.79 Å². The number of ether oxygens (including phenoxy) is 1. The highest BCUT2D eigenvalue weighted by Gasteiger charge is 2.48. The van der Waals surface area contributed by atoms with Gasteiger partial charge < -0.3 is 15.4 Å². The number of fused-ring (bicyclic) bond motifs is 1. The first-order chi connectivity index (χ1) is 7.40. The molecule has 2 rings (SSSR count). The summed E-state index contributed by atoms with van der Waals surface area (Å²) in [4.78, 5) is 13.7. The second-order valence-corrected chi connectivity index (χ2v) is 6.04. The van der Waals surface area contributed by atoms with Crippen molar-refractivity contribution in [1.82, 2.24) is 4.90 Å². The van der Waals surface area contributed by atoms with E-state index in [1.54, 1.807) is 0 Å². The average molecular weight is 226 g/mol. The van der Waals surface area contributed by atoms with Crippen LogP contribution in [0.15, 0.2) is 0 Å². The summed E-state index contributed by atoms with van der Waals surface area (Å²) in [7, 11) is 0. The maximum atomic E-state index is 11.8. The molecule has 1 saturated carbocycles. The molecule has 4 heteroatoms. The third-order valence-electron chi connectivity index (χ3n) is 3.66. The van der Waals surface area contributed by atoms with Crippen molar-refractivity contribution in [3.63, 3.8) is 0 Å². The van der Waals surface area contributed by atoms with Crippen molar-refractivity contribution in [1.29, 1.82) is 0 Å². The number of hydrogen-bond donors (Lipinski definition) is 1. The second kappa shape index (κ2) is 3.91. The molecule has 1 heterocycles. The minimum absolute atomic E-state index is 0.169. The molecule has 2 N–H and O–H groups in total. The first kappa shape index (κ1) is 11.7. The van der Waals surface area contributed by atoms with Crippen LogP contribution in [0.4, 0.5) is 4.79 Å². The SMILES string of the molecule is CC(C)(C)OC(=O)N1C[C@@H]2C[C@H](CN)[C@@H]2C1. The van der Waals surface area contributed by atoms with Crippen LogP contribution in [-0.2, 0) is 4.74 Å². The van der Waals surface area contributed by atoms with Gasteiger partial charge in [-0.05, 0) is 51.5 Å². The lowest BCUT2D eigenvalue weighted by Crippen LogP contribution is -2.40. The normalized spacial score (nSPS) is 33.2. The fourth-order valence-electron chi connectivity index (χ4n) is 2.79. The Morgan fingerprint density at radius 2 is 2.12 bits per heavy atom. The molecule has 0 bridgehead atoms. The summed E-state index contributed by atoms with van der Waals surface area (Å²) in [6, 6.07) is 0. The van der Waals surface area contributed by atoms with Gasteiger partial charge in [0.15, 0.2) is 0 Å². The van der Waals surface area contributed by atoms with Crippen LogP contribution in [-0.4, -0.2) is 36.2 Å². The van der Waals surface area contributed by atoms with E-state index in [0.717, 1.165) is 19.6 Å². The molecule has 0 aromatic rings. The molecule has 0 spiro atoms. The van der Waals surface area contributed by atoms with E-state index in [-0.39, 0.29) is 6.09 Å². The second-order valence-electron chi connectivity index (χ2n) is 6.04. The lowest BCUT2D eigenvalue weighted by molar-refractivity contribution is 0.0287. The fraction of sp³-hybridized carbons (Fsp3) is 0.917. The van der Waals surface area contributed by atoms with E-state index in [4.69, 9.17) is 10.5 Å². The molecule has 16 heavy (non-hydrogen) atoms. The summed E-state index contributed by atoms with van der Waals surface area (Å²) < 4.78 is 5.37. The zero-order chi connectivity index (χ0) is 11.9. The van der Waals surface area contributed by atoms with Crippen LogP contribution in [0.5, 0.6) is 0 Å². The minimum atomic E-state index is -0.397.